The number of esters is 1. The van der Waals surface area contributed by atoms with Gasteiger partial charge in [-0.3, -0.25) is 0 Å². The van der Waals surface area contributed by atoms with Gasteiger partial charge in [-0.2, -0.15) is 5.26 Å². The van der Waals surface area contributed by atoms with E-state index in [9.17, 15) is 9.90 Å². The van der Waals surface area contributed by atoms with Crippen LogP contribution in [0.15, 0.2) is 24.4 Å². The summed E-state index contributed by atoms with van der Waals surface area (Å²) >= 11 is 0. The van der Waals surface area contributed by atoms with Crippen molar-refractivity contribution in [2.45, 2.75) is 0 Å². The number of aromatic nitrogens is 1. The lowest BCUT2D eigenvalue weighted by Gasteiger charge is -2.12. The number of nitrogen functional groups attached to an aromatic ring is 1. The van der Waals surface area contributed by atoms with Crippen LogP contribution in [0.1, 0.15) is 16.1 Å². The van der Waals surface area contributed by atoms with E-state index in [1.807, 2.05) is 6.07 Å². The minimum absolute atomic E-state index is 0.00781. The zero-order valence-corrected chi connectivity index (χ0v) is 11.5. The Labute approximate surface area is 120 Å². The number of hydrogen-bond donors (Lipinski definition) is 2. The maximum atomic E-state index is 11.9. The highest BCUT2D eigenvalue weighted by atomic mass is 16.5. The Morgan fingerprint density at radius 2 is 2.14 bits per heavy atom. The molecule has 2 aromatic rings. The van der Waals surface area contributed by atoms with Gasteiger partial charge in [0.1, 0.15) is 6.07 Å². The summed E-state index contributed by atoms with van der Waals surface area (Å²) in [6, 6.07) is 6.65. The fraction of sp³-hybridized carbons (Fsp3) is 0.143. The molecule has 0 amide bonds. The van der Waals surface area contributed by atoms with E-state index in [0.717, 1.165) is 0 Å². The molecule has 0 unspecified atom stereocenters. The van der Waals surface area contributed by atoms with Gasteiger partial charge in [0.2, 0.25) is 0 Å². The summed E-state index contributed by atoms with van der Waals surface area (Å²) in [4.78, 5) is 11.9. The number of carbonyl (C=O) groups is 1. The lowest BCUT2D eigenvalue weighted by atomic mass is 10.2. The zero-order chi connectivity index (χ0) is 15.6. The molecule has 1 heterocycles. The van der Waals surface area contributed by atoms with Crippen molar-refractivity contribution in [2.75, 3.05) is 20.0 Å². The highest BCUT2D eigenvalue weighted by molar-refractivity contribution is 5.96. The summed E-state index contributed by atoms with van der Waals surface area (Å²) in [5.41, 5.74) is 6.12. The molecule has 108 valence electrons. The molecule has 0 atom stereocenters. The lowest BCUT2D eigenvalue weighted by Crippen LogP contribution is -2.11. The molecule has 0 aliphatic rings. The summed E-state index contributed by atoms with van der Waals surface area (Å²) in [5, 5.41) is 19.2. The number of hydrogen-bond acceptors (Lipinski definition) is 6. The molecule has 0 radical (unpaired) electrons. The number of nitrogens with zero attached hydrogens (tertiary/aromatic N) is 2. The molecule has 0 aliphatic heterocycles. The van der Waals surface area contributed by atoms with Crippen LogP contribution in [0.2, 0.25) is 0 Å². The molecule has 0 saturated carbocycles. The summed E-state index contributed by atoms with van der Waals surface area (Å²) in [6.07, 6.45) is 1.36. The number of carbonyl (C=O) groups excluding carboxylic acids is 1. The van der Waals surface area contributed by atoms with Crippen LogP contribution in [0.3, 0.4) is 0 Å². The van der Waals surface area contributed by atoms with Crippen LogP contribution in [-0.4, -0.2) is 29.9 Å². The molecular weight excluding hydrogens is 274 g/mol. The molecule has 2 rings (SSSR count). The van der Waals surface area contributed by atoms with E-state index in [-0.39, 0.29) is 34.1 Å². The second-order valence-electron chi connectivity index (χ2n) is 4.11. The fourth-order valence-corrected chi connectivity index (χ4v) is 1.97. The first kappa shape index (κ1) is 14.3. The van der Waals surface area contributed by atoms with Crippen molar-refractivity contribution in [3.63, 3.8) is 0 Å². The fourth-order valence-electron chi connectivity index (χ4n) is 1.97. The molecule has 1 aromatic heterocycles. The van der Waals surface area contributed by atoms with Gasteiger partial charge in [0.05, 0.1) is 31.2 Å². The molecule has 3 N–H and O–H groups in total. The van der Waals surface area contributed by atoms with Crippen LogP contribution in [0.5, 0.6) is 11.5 Å². The monoisotopic (exact) mass is 287 g/mol. The third-order valence-corrected chi connectivity index (χ3v) is 3.00. The van der Waals surface area contributed by atoms with Gasteiger partial charge in [0, 0.05) is 6.20 Å². The molecule has 0 bridgehead atoms. The van der Waals surface area contributed by atoms with Crippen molar-refractivity contribution < 1.29 is 19.4 Å². The lowest BCUT2D eigenvalue weighted by molar-refractivity contribution is 0.0593. The van der Waals surface area contributed by atoms with Crippen LogP contribution < -0.4 is 10.5 Å². The quantitative estimate of drug-likeness (QED) is 0.826. The number of benzene rings is 1. The Morgan fingerprint density at radius 3 is 2.71 bits per heavy atom. The number of para-hydroxylation sites is 1. The molecule has 7 heteroatoms. The van der Waals surface area contributed by atoms with Crippen LogP contribution >= 0.6 is 0 Å². The standard InChI is InChI=1S/C14H13N3O4/c1-20-10-5-3-4-9(13(10)18)17-7-8(6-15)11(16)12(17)14(19)21-2/h3-5,7,18H,16H2,1-2H3. The Morgan fingerprint density at radius 1 is 1.43 bits per heavy atom. The van der Waals surface area contributed by atoms with Crippen molar-refractivity contribution in [1.29, 1.82) is 5.26 Å². The van der Waals surface area contributed by atoms with E-state index in [1.165, 1.54) is 25.0 Å². The van der Waals surface area contributed by atoms with Gasteiger partial charge >= 0.3 is 5.97 Å². The predicted octanol–water partition coefficient (Wildman–Crippen LogP) is 1.43. The summed E-state index contributed by atoms with van der Waals surface area (Å²) in [5.74, 6) is -0.657. The third kappa shape index (κ3) is 2.23. The average molecular weight is 287 g/mol. The summed E-state index contributed by atoms with van der Waals surface area (Å²) in [6.45, 7) is 0. The van der Waals surface area contributed by atoms with Gasteiger partial charge in [0.25, 0.3) is 0 Å². The summed E-state index contributed by atoms with van der Waals surface area (Å²) < 4.78 is 11.0. The van der Waals surface area contributed by atoms with Gasteiger partial charge in [-0.1, -0.05) is 6.07 Å². The number of rotatable bonds is 3. The highest BCUT2D eigenvalue weighted by Gasteiger charge is 2.23. The highest BCUT2D eigenvalue weighted by Crippen LogP contribution is 2.35. The Bertz CT molecular complexity index is 743. The van der Waals surface area contributed by atoms with Crippen molar-refractivity contribution in [1.82, 2.24) is 4.57 Å². The molecule has 0 spiro atoms. The first-order valence-corrected chi connectivity index (χ1v) is 5.90. The smallest absolute Gasteiger partial charge is 0.357 e. The average Bonchev–Trinajstić information content (AvgIpc) is 2.83. The topological polar surface area (TPSA) is 110 Å². The maximum absolute atomic E-state index is 11.9. The van der Waals surface area contributed by atoms with Gasteiger partial charge < -0.3 is 24.9 Å². The molecule has 21 heavy (non-hydrogen) atoms. The number of methoxy groups -OCH3 is 2. The zero-order valence-electron chi connectivity index (χ0n) is 11.5. The molecule has 7 nitrogen and oxygen atoms in total. The van der Waals surface area contributed by atoms with Crippen LogP contribution in [0.4, 0.5) is 5.69 Å². The predicted molar refractivity (Wildman–Crippen MR) is 74.5 cm³/mol. The minimum Gasteiger partial charge on any atom is -0.503 e. The maximum Gasteiger partial charge on any atom is 0.357 e. The Kier molecular flexibility index (Phi) is 3.71. The van der Waals surface area contributed by atoms with E-state index >= 15 is 0 Å². The number of phenols is 1. The summed E-state index contributed by atoms with van der Waals surface area (Å²) in [7, 11) is 2.61. The molecular formula is C14H13N3O4. The molecule has 1 aromatic carbocycles. The Balaban J connectivity index is 2.76. The molecule has 0 fully saturated rings. The van der Waals surface area contributed by atoms with Crippen molar-refractivity contribution in [3.05, 3.63) is 35.7 Å². The number of nitriles is 1. The van der Waals surface area contributed by atoms with E-state index in [1.54, 1.807) is 18.2 Å². The minimum atomic E-state index is -0.712. The number of nitrogens with two attached hydrogens (primary N) is 1. The Hall–Kier alpha value is -3.14. The normalized spacial score (nSPS) is 9.95. The SMILES string of the molecule is COC(=O)c1c(N)c(C#N)cn1-c1cccc(OC)c1O. The van der Waals surface area contributed by atoms with E-state index in [0.29, 0.717) is 0 Å². The molecule has 0 aliphatic carbocycles. The first-order valence-electron chi connectivity index (χ1n) is 5.90. The number of aromatic hydroxyl groups is 1. The van der Waals surface area contributed by atoms with E-state index in [4.69, 9.17) is 15.7 Å². The second kappa shape index (κ2) is 5.46. The number of phenolic OH excluding ortho intramolecular Hbond substituents is 1. The van der Waals surface area contributed by atoms with E-state index in [2.05, 4.69) is 4.74 Å². The van der Waals surface area contributed by atoms with Gasteiger partial charge in [0.15, 0.2) is 17.2 Å². The van der Waals surface area contributed by atoms with E-state index < -0.39 is 5.97 Å². The van der Waals surface area contributed by atoms with Crippen molar-refractivity contribution in [2.24, 2.45) is 0 Å². The number of ether oxygens (including phenoxy) is 2. The van der Waals surface area contributed by atoms with Crippen molar-refractivity contribution >= 4 is 11.7 Å². The second-order valence-corrected chi connectivity index (χ2v) is 4.11. The largest absolute Gasteiger partial charge is 0.503 e. The van der Waals surface area contributed by atoms with Crippen molar-refractivity contribution in [3.8, 4) is 23.3 Å². The first-order chi connectivity index (χ1) is 10.0. The number of anilines is 1. The van der Waals surface area contributed by atoms with Crippen LogP contribution in [0.25, 0.3) is 5.69 Å². The molecule has 0 saturated heterocycles. The van der Waals surface area contributed by atoms with Gasteiger partial charge in [-0.25, -0.2) is 4.79 Å². The van der Waals surface area contributed by atoms with Crippen LogP contribution in [-0.2, 0) is 4.74 Å². The van der Waals surface area contributed by atoms with Gasteiger partial charge in [-0.05, 0) is 12.1 Å². The van der Waals surface area contributed by atoms with Gasteiger partial charge in [-0.15, -0.1) is 0 Å². The van der Waals surface area contributed by atoms with Crippen LogP contribution in [0, 0.1) is 11.3 Å². The third-order valence-electron chi connectivity index (χ3n) is 3.00.